The van der Waals surface area contributed by atoms with Crippen LogP contribution in [0.1, 0.15) is 44.9 Å². The molecule has 14 heavy (non-hydrogen) atoms. The fourth-order valence-electron chi connectivity index (χ4n) is 2.25. The Morgan fingerprint density at radius 1 is 1.29 bits per heavy atom. The summed E-state index contributed by atoms with van der Waals surface area (Å²) in [5, 5.41) is 2.96. The van der Waals surface area contributed by atoms with Gasteiger partial charge < -0.3 is 11.1 Å². The molecule has 2 rings (SSSR count). The van der Waals surface area contributed by atoms with E-state index in [0.717, 1.165) is 19.3 Å². The van der Waals surface area contributed by atoms with Gasteiger partial charge in [0, 0.05) is 6.04 Å². The van der Waals surface area contributed by atoms with Gasteiger partial charge in [-0.1, -0.05) is 25.7 Å². The van der Waals surface area contributed by atoms with Crippen LogP contribution in [0.15, 0.2) is 0 Å². The Labute approximate surface area is 85.4 Å². The van der Waals surface area contributed by atoms with Gasteiger partial charge >= 0.3 is 0 Å². The summed E-state index contributed by atoms with van der Waals surface area (Å²) >= 11 is 0. The van der Waals surface area contributed by atoms with Crippen molar-refractivity contribution in [2.75, 3.05) is 0 Å². The molecule has 0 aromatic rings. The Morgan fingerprint density at radius 3 is 2.50 bits per heavy atom. The second-order valence-corrected chi connectivity index (χ2v) is 4.78. The first kappa shape index (κ1) is 9.97. The van der Waals surface area contributed by atoms with E-state index in [9.17, 15) is 4.79 Å². The summed E-state index contributed by atoms with van der Waals surface area (Å²) in [4.78, 5) is 11.5. The molecule has 0 aromatic heterocycles. The zero-order valence-corrected chi connectivity index (χ0v) is 8.67. The Hall–Kier alpha value is -0.570. The van der Waals surface area contributed by atoms with E-state index in [1.54, 1.807) is 0 Å². The number of hydrogen-bond donors (Lipinski definition) is 2. The van der Waals surface area contributed by atoms with E-state index in [4.69, 9.17) is 5.73 Å². The van der Waals surface area contributed by atoms with Crippen LogP contribution in [0.5, 0.6) is 0 Å². The lowest BCUT2D eigenvalue weighted by Crippen LogP contribution is -2.42. The van der Waals surface area contributed by atoms with E-state index < -0.39 is 0 Å². The van der Waals surface area contributed by atoms with Crippen molar-refractivity contribution >= 4 is 5.91 Å². The lowest BCUT2D eigenvalue weighted by atomic mass is 9.98. The zero-order chi connectivity index (χ0) is 9.97. The smallest absolute Gasteiger partial charge is 0.237 e. The highest BCUT2D eigenvalue weighted by atomic mass is 16.2. The van der Waals surface area contributed by atoms with Gasteiger partial charge in [0.1, 0.15) is 0 Å². The monoisotopic (exact) mass is 196 g/mol. The van der Waals surface area contributed by atoms with Crippen molar-refractivity contribution in [2.45, 2.75) is 57.0 Å². The molecule has 0 unspecified atom stereocenters. The second-order valence-electron chi connectivity index (χ2n) is 4.78. The summed E-state index contributed by atoms with van der Waals surface area (Å²) in [5.74, 6) is 0.773. The summed E-state index contributed by atoms with van der Waals surface area (Å²) in [6, 6.07) is 0.177. The van der Waals surface area contributed by atoms with Gasteiger partial charge in [0.05, 0.1) is 6.04 Å². The van der Waals surface area contributed by atoms with Crippen molar-refractivity contribution in [3.05, 3.63) is 0 Å². The average Bonchev–Trinajstić information content (AvgIpc) is 2.81. The summed E-state index contributed by atoms with van der Waals surface area (Å²) in [7, 11) is 0. The van der Waals surface area contributed by atoms with E-state index in [1.165, 1.54) is 25.7 Å². The van der Waals surface area contributed by atoms with Gasteiger partial charge in [0.2, 0.25) is 5.91 Å². The maximum atomic E-state index is 11.5. The molecular formula is C11H20N2O. The minimum atomic E-state index is -0.265. The molecule has 2 fully saturated rings. The van der Waals surface area contributed by atoms with Gasteiger partial charge in [0.25, 0.3) is 0 Å². The van der Waals surface area contributed by atoms with Gasteiger partial charge in [0.15, 0.2) is 0 Å². The fourth-order valence-corrected chi connectivity index (χ4v) is 2.25. The molecule has 0 aliphatic heterocycles. The first-order valence-electron chi connectivity index (χ1n) is 5.81. The Balaban J connectivity index is 1.69. The average molecular weight is 196 g/mol. The molecule has 1 atom stereocenters. The number of carbonyl (C=O) groups excluding carboxylic acids is 1. The highest BCUT2D eigenvalue weighted by Crippen LogP contribution is 2.28. The lowest BCUT2D eigenvalue weighted by Gasteiger charge is -2.15. The van der Waals surface area contributed by atoms with Crippen LogP contribution in [0, 0.1) is 5.92 Å². The molecule has 0 aromatic carbocycles. The molecule has 3 nitrogen and oxygen atoms in total. The van der Waals surface area contributed by atoms with Crippen LogP contribution in [0.4, 0.5) is 0 Å². The Bertz CT molecular complexity index is 207. The van der Waals surface area contributed by atoms with Crippen molar-refractivity contribution in [1.29, 1.82) is 0 Å². The first-order valence-corrected chi connectivity index (χ1v) is 5.81. The Morgan fingerprint density at radius 2 is 1.93 bits per heavy atom. The molecule has 80 valence electrons. The molecule has 0 bridgehead atoms. The molecule has 3 N–H and O–H groups in total. The van der Waals surface area contributed by atoms with E-state index in [-0.39, 0.29) is 11.9 Å². The second kappa shape index (κ2) is 4.30. The summed E-state index contributed by atoms with van der Waals surface area (Å²) < 4.78 is 0. The van der Waals surface area contributed by atoms with Gasteiger partial charge in [-0.15, -0.1) is 0 Å². The van der Waals surface area contributed by atoms with Crippen LogP contribution >= 0.6 is 0 Å². The number of carbonyl (C=O) groups is 1. The maximum Gasteiger partial charge on any atom is 0.237 e. The largest absolute Gasteiger partial charge is 0.352 e. The highest BCUT2D eigenvalue weighted by molar-refractivity contribution is 5.82. The third-order valence-corrected chi connectivity index (χ3v) is 3.32. The molecule has 2 saturated carbocycles. The van der Waals surface area contributed by atoms with E-state index in [0.29, 0.717) is 12.0 Å². The molecule has 2 aliphatic carbocycles. The van der Waals surface area contributed by atoms with Crippen molar-refractivity contribution in [3.63, 3.8) is 0 Å². The third-order valence-electron chi connectivity index (χ3n) is 3.32. The topological polar surface area (TPSA) is 55.1 Å². The minimum absolute atomic E-state index is 0.0689. The van der Waals surface area contributed by atoms with E-state index >= 15 is 0 Å². The molecule has 0 heterocycles. The number of nitrogens with two attached hydrogens (primary N) is 1. The van der Waals surface area contributed by atoms with Crippen molar-refractivity contribution in [2.24, 2.45) is 11.7 Å². The normalized spacial score (nSPS) is 24.9. The highest BCUT2D eigenvalue weighted by Gasteiger charge is 2.27. The molecule has 0 radical (unpaired) electrons. The van der Waals surface area contributed by atoms with Gasteiger partial charge in [-0.25, -0.2) is 0 Å². The maximum absolute atomic E-state index is 11.5. The molecule has 0 saturated heterocycles. The predicted octanol–water partition coefficient (Wildman–Crippen LogP) is 1.17. The predicted molar refractivity (Wildman–Crippen MR) is 55.7 cm³/mol. The SMILES string of the molecule is N[C@@H](CC1CCCC1)C(=O)NC1CC1. The van der Waals surface area contributed by atoms with Crippen LogP contribution in [0.25, 0.3) is 0 Å². The van der Waals surface area contributed by atoms with E-state index in [1.807, 2.05) is 0 Å². The van der Waals surface area contributed by atoms with Crippen molar-refractivity contribution in [3.8, 4) is 0 Å². The van der Waals surface area contributed by atoms with Crippen molar-refractivity contribution in [1.82, 2.24) is 5.32 Å². The Kier molecular flexibility index (Phi) is 3.06. The standard InChI is InChI=1S/C11H20N2O/c12-10(7-8-3-1-2-4-8)11(14)13-9-5-6-9/h8-10H,1-7,12H2,(H,13,14)/t10-/m0/s1. The van der Waals surface area contributed by atoms with Crippen LogP contribution in [-0.4, -0.2) is 18.0 Å². The number of rotatable bonds is 4. The minimum Gasteiger partial charge on any atom is -0.352 e. The third kappa shape index (κ3) is 2.71. The summed E-state index contributed by atoms with van der Waals surface area (Å²) in [5.41, 5.74) is 5.86. The number of nitrogens with one attached hydrogen (secondary N) is 1. The zero-order valence-electron chi connectivity index (χ0n) is 8.67. The van der Waals surface area contributed by atoms with Crippen LogP contribution in [0.2, 0.25) is 0 Å². The number of amides is 1. The van der Waals surface area contributed by atoms with Gasteiger partial charge in [-0.2, -0.15) is 0 Å². The summed E-state index contributed by atoms with van der Waals surface area (Å²) in [6.07, 6.45) is 8.35. The van der Waals surface area contributed by atoms with Gasteiger partial charge in [-0.05, 0) is 25.2 Å². The van der Waals surface area contributed by atoms with Crippen molar-refractivity contribution < 1.29 is 4.79 Å². The molecule has 1 amide bonds. The quantitative estimate of drug-likeness (QED) is 0.709. The van der Waals surface area contributed by atoms with Crippen LogP contribution in [-0.2, 0) is 4.79 Å². The molecule has 2 aliphatic rings. The van der Waals surface area contributed by atoms with Crippen LogP contribution < -0.4 is 11.1 Å². The van der Waals surface area contributed by atoms with Crippen LogP contribution in [0.3, 0.4) is 0 Å². The molecule has 0 spiro atoms. The summed E-state index contributed by atoms with van der Waals surface area (Å²) in [6.45, 7) is 0. The van der Waals surface area contributed by atoms with Gasteiger partial charge in [-0.3, -0.25) is 4.79 Å². The number of hydrogen-bond acceptors (Lipinski definition) is 2. The molecule has 3 heteroatoms. The van der Waals surface area contributed by atoms with E-state index in [2.05, 4.69) is 5.32 Å². The molecular weight excluding hydrogens is 176 g/mol. The lowest BCUT2D eigenvalue weighted by molar-refractivity contribution is -0.122. The first-order chi connectivity index (χ1) is 6.75. The fraction of sp³-hybridized carbons (Fsp3) is 0.909.